The Labute approximate surface area is 99.6 Å². The second-order valence-electron chi connectivity index (χ2n) is 4.18. The first-order valence-corrected chi connectivity index (χ1v) is 6.48. The first kappa shape index (κ1) is 11.1. The van der Waals surface area contributed by atoms with Crippen molar-refractivity contribution in [3.8, 4) is 0 Å². The van der Waals surface area contributed by atoms with Gasteiger partial charge in [0.2, 0.25) is 0 Å². The van der Waals surface area contributed by atoms with E-state index in [2.05, 4.69) is 32.3 Å². The van der Waals surface area contributed by atoms with Crippen molar-refractivity contribution in [3.05, 3.63) is 28.5 Å². The van der Waals surface area contributed by atoms with Crippen LogP contribution in [0.2, 0.25) is 0 Å². The lowest BCUT2D eigenvalue weighted by molar-refractivity contribution is 0.371. The molecule has 1 fully saturated rings. The zero-order chi connectivity index (χ0) is 10.5. The Kier molecular flexibility index (Phi) is 4.15. The van der Waals surface area contributed by atoms with Crippen LogP contribution in [0.4, 0.5) is 0 Å². The number of rotatable bonds is 3. The van der Waals surface area contributed by atoms with E-state index in [1.165, 1.54) is 32.1 Å². The summed E-state index contributed by atoms with van der Waals surface area (Å²) < 4.78 is 1.05. The van der Waals surface area contributed by atoms with Crippen LogP contribution in [0, 0.1) is 0 Å². The van der Waals surface area contributed by atoms with Crippen LogP contribution >= 0.6 is 15.9 Å². The predicted octanol–water partition coefficient (Wildman–Crippen LogP) is 3.27. The van der Waals surface area contributed by atoms with Gasteiger partial charge in [-0.25, -0.2) is 0 Å². The summed E-state index contributed by atoms with van der Waals surface area (Å²) in [5.74, 6) is 0. The summed E-state index contributed by atoms with van der Waals surface area (Å²) in [7, 11) is 0. The van der Waals surface area contributed by atoms with Gasteiger partial charge in [0, 0.05) is 23.3 Å². The Hall–Kier alpha value is -0.410. The largest absolute Gasteiger partial charge is 0.308 e. The van der Waals surface area contributed by atoms with Gasteiger partial charge < -0.3 is 5.32 Å². The number of nitrogens with one attached hydrogen (secondary N) is 1. The lowest BCUT2D eigenvalue weighted by atomic mass is 9.95. The lowest BCUT2D eigenvalue weighted by Crippen LogP contribution is -2.30. The SMILES string of the molecule is Brc1ccc(CNC2CCCCC2)nc1. The topological polar surface area (TPSA) is 24.9 Å². The van der Waals surface area contributed by atoms with E-state index in [9.17, 15) is 0 Å². The molecule has 0 amide bonds. The van der Waals surface area contributed by atoms with Gasteiger partial charge in [0.15, 0.2) is 0 Å². The van der Waals surface area contributed by atoms with Crippen LogP contribution in [0.15, 0.2) is 22.8 Å². The Bertz CT molecular complexity index is 291. The molecule has 0 bridgehead atoms. The van der Waals surface area contributed by atoms with Crippen molar-refractivity contribution < 1.29 is 0 Å². The second-order valence-corrected chi connectivity index (χ2v) is 5.10. The summed E-state index contributed by atoms with van der Waals surface area (Å²) in [5, 5.41) is 3.58. The minimum atomic E-state index is 0.712. The minimum absolute atomic E-state index is 0.712. The van der Waals surface area contributed by atoms with Gasteiger partial charge in [0.05, 0.1) is 5.69 Å². The monoisotopic (exact) mass is 268 g/mol. The Balaban J connectivity index is 1.79. The normalized spacial score (nSPS) is 17.9. The van der Waals surface area contributed by atoms with Crippen LogP contribution in [0.1, 0.15) is 37.8 Å². The molecular weight excluding hydrogens is 252 g/mol. The van der Waals surface area contributed by atoms with Crippen molar-refractivity contribution in [3.63, 3.8) is 0 Å². The second kappa shape index (κ2) is 5.61. The summed E-state index contributed by atoms with van der Waals surface area (Å²) in [4.78, 5) is 4.35. The molecule has 1 aliphatic carbocycles. The van der Waals surface area contributed by atoms with E-state index in [0.717, 1.165) is 16.7 Å². The molecule has 0 aliphatic heterocycles. The van der Waals surface area contributed by atoms with Crippen molar-refractivity contribution in [2.24, 2.45) is 0 Å². The van der Waals surface area contributed by atoms with E-state index in [1.54, 1.807) is 0 Å². The average molecular weight is 269 g/mol. The van der Waals surface area contributed by atoms with E-state index in [1.807, 2.05) is 12.3 Å². The van der Waals surface area contributed by atoms with Crippen LogP contribution in [0.5, 0.6) is 0 Å². The molecule has 1 aromatic heterocycles. The molecule has 1 saturated carbocycles. The van der Waals surface area contributed by atoms with Gasteiger partial charge in [0.25, 0.3) is 0 Å². The molecule has 82 valence electrons. The summed E-state index contributed by atoms with van der Waals surface area (Å²) in [6, 6.07) is 4.83. The average Bonchev–Trinajstić information content (AvgIpc) is 2.30. The Morgan fingerprint density at radius 1 is 1.27 bits per heavy atom. The number of halogens is 1. The Morgan fingerprint density at radius 3 is 2.73 bits per heavy atom. The molecule has 0 atom stereocenters. The molecule has 2 nitrogen and oxygen atoms in total. The van der Waals surface area contributed by atoms with Gasteiger partial charge >= 0.3 is 0 Å². The van der Waals surface area contributed by atoms with Crippen LogP contribution in [-0.4, -0.2) is 11.0 Å². The molecule has 0 spiro atoms. The van der Waals surface area contributed by atoms with Crippen molar-refractivity contribution >= 4 is 15.9 Å². The van der Waals surface area contributed by atoms with Gasteiger partial charge in [-0.2, -0.15) is 0 Å². The van der Waals surface area contributed by atoms with Gasteiger partial charge in [-0.05, 0) is 40.9 Å². The van der Waals surface area contributed by atoms with E-state index < -0.39 is 0 Å². The molecule has 1 N–H and O–H groups in total. The first-order valence-electron chi connectivity index (χ1n) is 5.68. The smallest absolute Gasteiger partial charge is 0.0542 e. The van der Waals surface area contributed by atoms with Crippen LogP contribution < -0.4 is 5.32 Å². The third-order valence-corrected chi connectivity index (χ3v) is 3.43. The standard InChI is InChI=1S/C12H17BrN2/c13-10-6-7-12(14-8-10)9-15-11-4-2-1-3-5-11/h6-8,11,15H,1-5,9H2. The molecule has 0 aromatic carbocycles. The minimum Gasteiger partial charge on any atom is -0.308 e. The zero-order valence-electron chi connectivity index (χ0n) is 8.88. The fraction of sp³-hybridized carbons (Fsp3) is 0.583. The highest BCUT2D eigenvalue weighted by Gasteiger charge is 2.12. The van der Waals surface area contributed by atoms with Crippen molar-refractivity contribution in [1.82, 2.24) is 10.3 Å². The lowest BCUT2D eigenvalue weighted by Gasteiger charge is -2.22. The van der Waals surface area contributed by atoms with Crippen LogP contribution in [0.3, 0.4) is 0 Å². The molecule has 1 aliphatic rings. The summed E-state index contributed by atoms with van der Waals surface area (Å²) in [5.41, 5.74) is 1.13. The summed E-state index contributed by atoms with van der Waals surface area (Å²) in [6.07, 6.45) is 8.69. The van der Waals surface area contributed by atoms with Crippen LogP contribution in [-0.2, 0) is 6.54 Å². The molecule has 0 saturated heterocycles. The molecule has 0 radical (unpaired) electrons. The predicted molar refractivity (Wildman–Crippen MR) is 65.6 cm³/mol. The molecule has 3 heteroatoms. The van der Waals surface area contributed by atoms with Crippen LogP contribution in [0.25, 0.3) is 0 Å². The third-order valence-electron chi connectivity index (χ3n) is 2.97. The van der Waals surface area contributed by atoms with Gasteiger partial charge in [-0.1, -0.05) is 19.3 Å². The maximum absolute atomic E-state index is 4.35. The number of nitrogens with zero attached hydrogens (tertiary/aromatic N) is 1. The number of hydrogen-bond donors (Lipinski definition) is 1. The van der Waals surface area contributed by atoms with Crippen molar-refractivity contribution in [2.75, 3.05) is 0 Å². The molecule has 1 aromatic rings. The highest BCUT2D eigenvalue weighted by Crippen LogP contribution is 2.17. The van der Waals surface area contributed by atoms with E-state index >= 15 is 0 Å². The highest BCUT2D eigenvalue weighted by atomic mass is 79.9. The van der Waals surface area contributed by atoms with E-state index in [-0.39, 0.29) is 0 Å². The Morgan fingerprint density at radius 2 is 2.07 bits per heavy atom. The third kappa shape index (κ3) is 3.58. The molecular formula is C12H17BrN2. The quantitative estimate of drug-likeness (QED) is 0.911. The molecule has 15 heavy (non-hydrogen) atoms. The maximum atomic E-state index is 4.35. The van der Waals surface area contributed by atoms with Gasteiger partial charge in [0.1, 0.15) is 0 Å². The summed E-state index contributed by atoms with van der Waals surface area (Å²) >= 11 is 3.39. The van der Waals surface area contributed by atoms with Crippen molar-refractivity contribution in [2.45, 2.75) is 44.7 Å². The van der Waals surface area contributed by atoms with E-state index in [4.69, 9.17) is 0 Å². The first-order chi connectivity index (χ1) is 7.34. The van der Waals surface area contributed by atoms with E-state index in [0.29, 0.717) is 6.04 Å². The number of aromatic nitrogens is 1. The fourth-order valence-electron chi connectivity index (χ4n) is 2.07. The fourth-order valence-corrected chi connectivity index (χ4v) is 2.30. The van der Waals surface area contributed by atoms with Gasteiger partial charge in [-0.15, -0.1) is 0 Å². The summed E-state index contributed by atoms with van der Waals surface area (Å²) in [6.45, 7) is 0.901. The molecule has 1 heterocycles. The molecule has 2 rings (SSSR count). The maximum Gasteiger partial charge on any atom is 0.0542 e. The van der Waals surface area contributed by atoms with Gasteiger partial charge in [-0.3, -0.25) is 4.98 Å². The molecule has 0 unspecified atom stereocenters. The number of hydrogen-bond acceptors (Lipinski definition) is 2. The highest BCUT2D eigenvalue weighted by molar-refractivity contribution is 9.10. The van der Waals surface area contributed by atoms with Crippen molar-refractivity contribution in [1.29, 1.82) is 0 Å². The zero-order valence-corrected chi connectivity index (χ0v) is 10.5. The number of pyridine rings is 1.